The molecular weight excluding hydrogens is 419 g/mol. The highest BCUT2D eigenvalue weighted by Crippen LogP contribution is 2.32. The van der Waals surface area contributed by atoms with Crippen molar-refractivity contribution < 1.29 is 9.18 Å². The first kappa shape index (κ1) is 21.6. The van der Waals surface area contributed by atoms with Gasteiger partial charge in [0, 0.05) is 56.6 Å². The SMILES string of the molecule is Cc1nc(C2CCCN(C(=O)c3cnn(C)c3)C2)nc2c1CCCN2Cc1ccc(F)cc1. The predicted octanol–water partition coefficient (Wildman–Crippen LogP) is 3.63. The molecule has 0 N–H and O–H groups in total. The van der Waals surface area contributed by atoms with Crippen LogP contribution in [0, 0.1) is 12.7 Å². The predicted molar refractivity (Wildman–Crippen MR) is 124 cm³/mol. The summed E-state index contributed by atoms with van der Waals surface area (Å²) in [5, 5.41) is 4.14. The number of rotatable bonds is 4. The zero-order valence-corrected chi connectivity index (χ0v) is 19.2. The molecule has 2 aliphatic rings. The van der Waals surface area contributed by atoms with Gasteiger partial charge in [-0.25, -0.2) is 14.4 Å². The van der Waals surface area contributed by atoms with Gasteiger partial charge in [0.25, 0.3) is 5.91 Å². The first-order valence-corrected chi connectivity index (χ1v) is 11.6. The highest BCUT2D eigenvalue weighted by molar-refractivity contribution is 5.93. The van der Waals surface area contributed by atoms with Gasteiger partial charge in [-0.1, -0.05) is 12.1 Å². The maximum atomic E-state index is 13.3. The van der Waals surface area contributed by atoms with Gasteiger partial charge in [0.15, 0.2) is 0 Å². The van der Waals surface area contributed by atoms with E-state index >= 15 is 0 Å². The van der Waals surface area contributed by atoms with Crippen LogP contribution in [0.4, 0.5) is 10.2 Å². The molecule has 0 aliphatic carbocycles. The van der Waals surface area contributed by atoms with Crippen molar-refractivity contribution in [2.75, 3.05) is 24.5 Å². The first-order chi connectivity index (χ1) is 16.0. The van der Waals surface area contributed by atoms with E-state index in [1.54, 1.807) is 17.1 Å². The Morgan fingerprint density at radius 1 is 1.15 bits per heavy atom. The Bertz CT molecular complexity index is 1160. The monoisotopic (exact) mass is 448 g/mol. The molecule has 7 nitrogen and oxygen atoms in total. The number of anilines is 1. The van der Waals surface area contributed by atoms with Crippen molar-refractivity contribution in [2.24, 2.45) is 7.05 Å². The van der Waals surface area contributed by atoms with Crippen LogP contribution in [0.5, 0.6) is 0 Å². The summed E-state index contributed by atoms with van der Waals surface area (Å²) in [6.45, 7) is 5.03. The van der Waals surface area contributed by atoms with Crippen molar-refractivity contribution in [1.82, 2.24) is 24.6 Å². The van der Waals surface area contributed by atoms with Gasteiger partial charge in [-0.3, -0.25) is 9.48 Å². The van der Waals surface area contributed by atoms with Crippen LogP contribution < -0.4 is 4.90 Å². The number of piperidine rings is 1. The fourth-order valence-corrected chi connectivity index (χ4v) is 4.94. The lowest BCUT2D eigenvalue weighted by atomic mass is 9.95. The van der Waals surface area contributed by atoms with Gasteiger partial charge in [-0.15, -0.1) is 0 Å². The van der Waals surface area contributed by atoms with Gasteiger partial charge in [0.2, 0.25) is 0 Å². The minimum atomic E-state index is -0.221. The topological polar surface area (TPSA) is 67.2 Å². The van der Waals surface area contributed by atoms with E-state index in [-0.39, 0.29) is 17.6 Å². The molecule has 8 heteroatoms. The van der Waals surface area contributed by atoms with Crippen molar-refractivity contribution in [1.29, 1.82) is 0 Å². The number of nitrogens with zero attached hydrogens (tertiary/aromatic N) is 6. The van der Waals surface area contributed by atoms with Crippen molar-refractivity contribution in [3.8, 4) is 0 Å². The Labute approximate surface area is 193 Å². The van der Waals surface area contributed by atoms with E-state index < -0.39 is 0 Å². The molecule has 1 unspecified atom stereocenters. The van der Waals surface area contributed by atoms with Crippen molar-refractivity contribution >= 4 is 11.7 Å². The molecule has 3 aromatic rings. The smallest absolute Gasteiger partial charge is 0.257 e. The van der Waals surface area contributed by atoms with Crippen LogP contribution >= 0.6 is 0 Å². The number of aryl methyl sites for hydroxylation is 2. The largest absolute Gasteiger partial charge is 0.352 e. The Morgan fingerprint density at radius 2 is 1.97 bits per heavy atom. The number of carbonyl (C=O) groups is 1. The van der Waals surface area contributed by atoms with Crippen LogP contribution in [-0.4, -0.2) is 50.2 Å². The van der Waals surface area contributed by atoms with Crippen LogP contribution in [0.1, 0.15) is 58.2 Å². The maximum Gasteiger partial charge on any atom is 0.257 e. The number of hydrogen-bond acceptors (Lipinski definition) is 5. The average Bonchev–Trinajstić information content (AvgIpc) is 3.27. The van der Waals surface area contributed by atoms with Gasteiger partial charge < -0.3 is 9.80 Å². The highest BCUT2D eigenvalue weighted by atomic mass is 19.1. The van der Waals surface area contributed by atoms with E-state index in [1.165, 1.54) is 17.7 Å². The molecule has 5 rings (SSSR count). The van der Waals surface area contributed by atoms with Crippen LogP contribution in [0.3, 0.4) is 0 Å². The molecule has 0 saturated carbocycles. The fraction of sp³-hybridized carbons (Fsp3) is 0.440. The standard InChI is InChI=1S/C25H29FN6O/c1-17-22-6-4-11-31(14-18-7-9-21(26)10-8-18)24(22)29-23(28-17)19-5-3-12-32(16-19)25(33)20-13-27-30(2)15-20/h7-10,13,15,19H,3-6,11-12,14,16H2,1-2H3. The van der Waals surface area contributed by atoms with Crippen LogP contribution in [0.25, 0.3) is 0 Å². The molecule has 1 aromatic carbocycles. The maximum absolute atomic E-state index is 13.3. The lowest BCUT2D eigenvalue weighted by molar-refractivity contribution is 0.0704. The number of aromatic nitrogens is 4. The number of fused-ring (bicyclic) bond motifs is 1. The molecule has 172 valence electrons. The normalized spacial score (nSPS) is 18.3. The van der Waals surface area contributed by atoms with Gasteiger partial charge >= 0.3 is 0 Å². The average molecular weight is 449 g/mol. The molecule has 2 aliphatic heterocycles. The number of halogens is 1. The van der Waals surface area contributed by atoms with Crippen molar-refractivity contribution in [3.63, 3.8) is 0 Å². The lowest BCUT2D eigenvalue weighted by Gasteiger charge is -2.34. The van der Waals surface area contributed by atoms with Gasteiger partial charge in [0.05, 0.1) is 11.8 Å². The van der Waals surface area contributed by atoms with E-state index in [1.807, 2.05) is 24.1 Å². The second-order valence-electron chi connectivity index (χ2n) is 9.11. The lowest BCUT2D eigenvalue weighted by Crippen LogP contribution is -2.40. The highest BCUT2D eigenvalue weighted by Gasteiger charge is 2.30. The molecular formula is C25H29FN6O. The third-order valence-electron chi connectivity index (χ3n) is 6.68. The molecule has 1 fully saturated rings. The van der Waals surface area contributed by atoms with Gasteiger partial charge in [0.1, 0.15) is 17.5 Å². The van der Waals surface area contributed by atoms with E-state index in [4.69, 9.17) is 9.97 Å². The summed E-state index contributed by atoms with van der Waals surface area (Å²) in [4.78, 5) is 27.1. The summed E-state index contributed by atoms with van der Waals surface area (Å²) in [7, 11) is 1.82. The second kappa shape index (κ2) is 8.92. The molecule has 1 amide bonds. The summed E-state index contributed by atoms with van der Waals surface area (Å²) >= 11 is 0. The van der Waals surface area contributed by atoms with Gasteiger partial charge in [-0.05, 0) is 50.3 Å². The third-order valence-corrected chi connectivity index (χ3v) is 6.68. The van der Waals surface area contributed by atoms with Crippen molar-refractivity contribution in [2.45, 2.75) is 45.1 Å². The molecule has 4 heterocycles. The molecule has 1 atom stereocenters. The summed E-state index contributed by atoms with van der Waals surface area (Å²) in [5.74, 6) is 1.71. The number of carbonyl (C=O) groups excluding carboxylic acids is 1. The summed E-state index contributed by atoms with van der Waals surface area (Å²) in [5.41, 5.74) is 3.90. The van der Waals surface area contributed by atoms with E-state index in [2.05, 4.69) is 16.9 Å². The zero-order valence-electron chi connectivity index (χ0n) is 19.2. The number of benzene rings is 1. The Balaban J connectivity index is 1.39. The van der Waals surface area contributed by atoms with Crippen LogP contribution in [0.15, 0.2) is 36.7 Å². The molecule has 0 radical (unpaired) electrons. The van der Waals surface area contributed by atoms with Crippen molar-refractivity contribution in [3.05, 3.63) is 70.7 Å². The minimum Gasteiger partial charge on any atom is -0.352 e. The summed E-state index contributed by atoms with van der Waals surface area (Å²) in [6.07, 6.45) is 7.30. The fourth-order valence-electron chi connectivity index (χ4n) is 4.94. The minimum absolute atomic E-state index is 0.0143. The molecule has 33 heavy (non-hydrogen) atoms. The quantitative estimate of drug-likeness (QED) is 0.610. The molecule has 1 saturated heterocycles. The molecule has 2 aromatic heterocycles. The van der Waals surface area contributed by atoms with Crippen LogP contribution in [0.2, 0.25) is 0 Å². The number of hydrogen-bond donors (Lipinski definition) is 0. The first-order valence-electron chi connectivity index (χ1n) is 11.6. The molecule has 0 bridgehead atoms. The number of likely N-dealkylation sites (tertiary alicyclic amines) is 1. The van der Waals surface area contributed by atoms with Crippen LogP contribution in [-0.2, 0) is 20.0 Å². The number of amides is 1. The van der Waals surface area contributed by atoms with E-state index in [0.29, 0.717) is 18.7 Å². The summed E-state index contributed by atoms with van der Waals surface area (Å²) < 4.78 is 15.0. The summed E-state index contributed by atoms with van der Waals surface area (Å²) in [6, 6.07) is 6.68. The Hall–Kier alpha value is -3.29. The van der Waals surface area contributed by atoms with Gasteiger partial charge in [-0.2, -0.15) is 5.10 Å². The third kappa shape index (κ3) is 4.47. The Morgan fingerprint density at radius 3 is 2.73 bits per heavy atom. The van der Waals surface area contributed by atoms with E-state index in [9.17, 15) is 9.18 Å². The second-order valence-corrected chi connectivity index (χ2v) is 9.11. The van der Waals surface area contributed by atoms with E-state index in [0.717, 1.165) is 61.7 Å². The Kier molecular flexibility index (Phi) is 5.83. The molecule has 0 spiro atoms. The zero-order chi connectivity index (χ0) is 22.9.